The van der Waals surface area contributed by atoms with Crippen LogP contribution in [0.1, 0.15) is 34.7 Å². The van der Waals surface area contributed by atoms with Crippen molar-refractivity contribution < 1.29 is 22.4 Å². The van der Waals surface area contributed by atoms with Crippen molar-refractivity contribution >= 4 is 27.5 Å². The quantitative estimate of drug-likeness (QED) is 0.221. The molecule has 2 amide bonds. The number of carbonyl (C=O) groups excluding carboxylic acids is 2. The summed E-state index contributed by atoms with van der Waals surface area (Å²) in [6, 6.07) is 26.1. The maximum Gasteiger partial charge on any atom is 0.264 e. The molecule has 1 N–H and O–H groups in total. The third kappa shape index (κ3) is 7.71. The molecule has 1 unspecified atom stereocenters. The van der Waals surface area contributed by atoms with Crippen molar-refractivity contribution in [1.29, 1.82) is 0 Å². The van der Waals surface area contributed by atoms with E-state index in [1.165, 1.54) is 23.1 Å². The third-order valence-electron chi connectivity index (χ3n) is 7.44. The third-order valence-corrected chi connectivity index (χ3v) is 9.22. The molecule has 0 aliphatic carbocycles. The van der Waals surface area contributed by atoms with Gasteiger partial charge in [0.15, 0.2) is 0 Å². The van der Waals surface area contributed by atoms with Gasteiger partial charge in [0.25, 0.3) is 10.0 Å². The fourth-order valence-electron chi connectivity index (χ4n) is 5.00. The highest BCUT2D eigenvalue weighted by molar-refractivity contribution is 7.92. The van der Waals surface area contributed by atoms with Gasteiger partial charge in [-0.05, 0) is 68.7 Å². The molecule has 1 atom stereocenters. The van der Waals surface area contributed by atoms with E-state index in [9.17, 15) is 22.4 Å². The van der Waals surface area contributed by atoms with E-state index in [-0.39, 0.29) is 23.4 Å². The Morgan fingerprint density at radius 2 is 1.48 bits per heavy atom. The summed E-state index contributed by atoms with van der Waals surface area (Å²) in [5.41, 5.74) is 3.72. The lowest BCUT2D eigenvalue weighted by molar-refractivity contribution is -0.140. The highest BCUT2D eigenvalue weighted by Gasteiger charge is 2.35. The van der Waals surface area contributed by atoms with Gasteiger partial charge in [0, 0.05) is 25.1 Å². The Labute approximate surface area is 259 Å². The number of anilines is 1. The van der Waals surface area contributed by atoms with Gasteiger partial charge in [0.05, 0.1) is 10.6 Å². The molecule has 0 saturated carbocycles. The molecule has 0 bridgehead atoms. The molecule has 4 aromatic rings. The average molecular weight is 616 g/mol. The van der Waals surface area contributed by atoms with Crippen LogP contribution in [0.25, 0.3) is 0 Å². The monoisotopic (exact) mass is 615 g/mol. The van der Waals surface area contributed by atoms with Gasteiger partial charge in [-0.1, -0.05) is 78.4 Å². The summed E-state index contributed by atoms with van der Waals surface area (Å²) < 4.78 is 44.4. The first kappa shape index (κ1) is 32.4. The van der Waals surface area contributed by atoms with Gasteiger partial charge in [0.1, 0.15) is 18.4 Å². The SMILES string of the molecule is CCNC(=O)C(Cc1ccccc1)N(Cc1ccccc1F)C(=O)CN(c1cc(C)ccc1C)S(=O)(=O)c1ccc(C)cc1. The Hall–Kier alpha value is -4.50. The smallest absolute Gasteiger partial charge is 0.264 e. The zero-order valence-electron chi connectivity index (χ0n) is 25.5. The van der Waals surface area contributed by atoms with Crippen molar-refractivity contribution in [2.24, 2.45) is 0 Å². The summed E-state index contributed by atoms with van der Waals surface area (Å²) in [6.07, 6.45) is 0.154. The Morgan fingerprint density at radius 1 is 0.841 bits per heavy atom. The Kier molecular flexibility index (Phi) is 10.5. The zero-order valence-corrected chi connectivity index (χ0v) is 26.3. The Bertz CT molecular complexity index is 1710. The van der Waals surface area contributed by atoms with Crippen LogP contribution in [-0.2, 0) is 32.6 Å². The molecule has 7 nitrogen and oxygen atoms in total. The van der Waals surface area contributed by atoms with Gasteiger partial charge in [-0.25, -0.2) is 12.8 Å². The van der Waals surface area contributed by atoms with Crippen molar-refractivity contribution in [1.82, 2.24) is 10.2 Å². The van der Waals surface area contributed by atoms with E-state index in [0.29, 0.717) is 17.8 Å². The van der Waals surface area contributed by atoms with E-state index >= 15 is 0 Å². The molecule has 4 rings (SSSR count). The molecule has 44 heavy (non-hydrogen) atoms. The summed E-state index contributed by atoms with van der Waals surface area (Å²) >= 11 is 0. The van der Waals surface area contributed by atoms with E-state index in [0.717, 1.165) is 21.0 Å². The van der Waals surface area contributed by atoms with Gasteiger partial charge in [-0.3, -0.25) is 13.9 Å². The van der Waals surface area contributed by atoms with E-state index in [1.807, 2.05) is 50.2 Å². The predicted octanol–water partition coefficient (Wildman–Crippen LogP) is 5.72. The van der Waals surface area contributed by atoms with Crippen LogP contribution in [0.5, 0.6) is 0 Å². The van der Waals surface area contributed by atoms with E-state index < -0.39 is 40.2 Å². The number of benzene rings is 4. The van der Waals surface area contributed by atoms with Gasteiger partial charge >= 0.3 is 0 Å². The molecule has 0 aromatic heterocycles. The molecule has 9 heteroatoms. The Balaban J connectivity index is 1.83. The molecule has 0 spiro atoms. The largest absolute Gasteiger partial charge is 0.355 e. The number of sulfonamides is 1. The topological polar surface area (TPSA) is 86.8 Å². The van der Waals surface area contributed by atoms with Gasteiger partial charge in [-0.15, -0.1) is 0 Å². The number of rotatable bonds is 12. The number of carbonyl (C=O) groups is 2. The first-order chi connectivity index (χ1) is 21.0. The van der Waals surface area contributed by atoms with Crippen LogP contribution in [0, 0.1) is 26.6 Å². The fraction of sp³-hybridized carbons (Fsp3) is 0.257. The van der Waals surface area contributed by atoms with Gasteiger partial charge < -0.3 is 10.2 Å². The van der Waals surface area contributed by atoms with Crippen LogP contribution in [0.4, 0.5) is 10.1 Å². The molecule has 0 saturated heterocycles. The predicted molar refractivity (Wildman–Crippen MR) is 171 cm³/mol. The van der Waals surface area contributed by atoms with Crippen molar-refractivity contribution in [2.75, 3.05) is 17.4 Å². The lowest BCUT2D eigenvalue weighted by Crippen LogP contribution is -2.53. The second kappa shape index (κ2) is 14.3. The lowest BCUT2D eigenvalue weighted by atomic mass is 10.0. The standard InChI is InChI=1S/C35H38FN3O4S/c1-5-37-35(41)33(22-28-11-7-6-8-12-28)38(23-29-13-9-10-14-31(29)36)34(40)24-39(32-21-26(3)15-18-27(32)4)44(42,43)30-19-16-25(2)17-20-30/h6-21,33H,5,22-24H2,1-4H3,(H,37,41). The summed E-state index contributed by atoms with van der Waals surface area (Å²) in [6.45, 7) is 6.75. The van der Waals surface area contributed by atoms with Crippen LogP contribution in [0.2, 0.25) is 0 Å². The van der Waals surface area contributed by atoms with Crippen molar-refractivity contribution in [3.8, 4) is 0 Å². The maximum atomic E-state index is 15.0. The molecule has 0 fully saturated rings. The minimum Gasteiger partial charge on any atom is -0.355 e. The van der Waals surface area contributed by atoms with Crippen LogP contribution >= 0.6 is 0 Å². The van der Waals surface area contributed by atoms with Crippen molar-refractivity contribution in [3.05, 3.63) is 131 Å². The number of halogens is 1. The number of likely N-dealkylation sites (N-methyl/N-ethyl adjacent to an activating group) is 1. The number of hydrogen-bond donors (Lipinski definition) is 1. The Morgan fingerprint density at radius 3 is 2.14 bits per heavy atom. The second-order valence-corrected chi connectivity index (χ2v) is 12.7. The molecular formula is C35H38FN3O4S. The van der Waals surface area contributed by atoms with Crippen molar-refractivity contribution in [3.63, 3.8) is 0 Å². The minimum absolute atomic E-state index is 0.0296. The number of aryl methyl sites for hydroxylation is 3. The van der Waals surface area contributed by atoms with Crippen LogP contribution in [-0.4, -0.2) is 44.3 Å². The van der Waals surface area contributed by atoms with Crippen LogP contribution in [0.3, 0.4) is 0 Å². The number of amides is 2. The number of nitrogens with one attached hydrogen (secondary N) is 1. The highest BCUT2D eigenvalue weighted by Crippen LogP contribution is 2.29. The molecule has 0 radical (unpaired) electrons. The number of hydrogen-bond acceptors (Lipinski definition) is 4. The molecule has 0 heterocycles. The molecule has 4 aromatic carbocycles. The molecule has 230 valence electrons. The summed E-state index contributed by atoms with van der Waals surface area (Å²) in [5, 5.41) is 2.81. The summed E-state index contributed by atoms with van der Waals surface area (Å²) in [4.78, 5) is 29.3. The average Bonchev–Trinajstić information content (AvgIpc) is 3.00. The van der Waals surface area contributed by atoms with Crippen molar-refractivity contribution in [2.45, 2.75) is 51.6 Å². The fourth-order valence-corrected chi connectivity index (χ4v) is 6.47. The normalized spacial score (nSPS) is 11.9. The van der Waals surface area contributed by atoms with Crippen LogP contribution < -0.4 is 9.62 Å². The zero-order chi connectivity index (χ0) is 31.9. The first-order valence-electron chi connectivity index (χ1n) is 14.5. The van der Waals surface area contributed by atoms with E-state index in [2.05, 4.69) is 5.32 Å². The minimum atomic E-state index is -4.22. The molecule has 0 aliphatic rings. The van der Waals surface area contributed by atoms with Crippen LogP contribution in [0.15, 0.2) is 102 Å². The maximum absolute atomic E-state index is 15.0. The highest BCUT2D eigenvalue weighted by atomic mass is 32.2. The van der Waals surface area contributed by atoms with Gasteiger partial charge in [-0.2, -0.15) is 0 Å². The molecular weight excluding hydrogens is 577 g/mol. The number of nitrogens with zero attached hydrogens (tertiary/aromatic N) is 2. The lowest BCUT2D eigenvalue weighted by Gasteiger charge is -2.34. The molecule has 0 aliphatic heterocycles. The van der Waals surface area contributed by atoms with E-state index in [4.69, 9.17) is 0 Å². The first-order valence-corrected chi connectivity index (χ1v) is 16.0. The van der Waals surface area contributed by atoms with Gasteiger partial charge in [0.2, 0.25) is 11.8 Å². The van der Waals surface area contributed by atoms with E-state index in [1.54, 1.807) is 56.3 Å². The second-order valence-electron chi connectivity index (χ2n) is 10.8. The summed E-state index contributed by atoms with van der Waals surface area (Å²) in [5.74, 6) is -1.59. The summed E-state index contributed by atoms with van der Waals surface area (Å²) in [7, 11) is -4.22.